The number of aryl methyl sites for hydroxylation is 2. The highest BCUT2D eigenvalue weighted by Gasteiger charge is 2.34. The Labute approximate surface area is 147 Å². The maximum Gasteiger partial charge on any atom is 0.240 e. The Bertz CT molecular complexity index is 781. The highest BCUT2D eigenvalue weighted by Crippen LogP contribution is 2.22. The van der Waals surface area contributed by atoms with Gasteiger partial charge in [-0.15, -0.1) is 0 Å². The molecule has 25 heavy (non-hydrogen) atoms. The summed E-state index contributed by atoms with van der Waals surface area (Å²) >= 11 is 0. The van der Waals surface area contributed by atoms with E-state index in [0.29, 0.717) is 32.8 Å². The molecule has 2 aromatic heterocycles. The Morgan fingerprint density at radius 2 is 2.04 bits per heavy atom. The largest absolute Gasteiger partial charge is 0.378 e. The molecule has 0 unspecified atom stereocenters. The van der Waals surface area contributed by atoms with Crippen molar-refractivity contribution in [3.05, 3.63) is 29.3 Å². The van der Waals surface area contributed by atoms with E-state index >= 15 is 0 Å². The van der Waals surface area contributed by atoms with Crippen molar-refractivity contribution in [1.82, 2.24) is 24.2 Å². The highest BCUT2D eigenvalue weighted by atomic mass is 16.5. The summed E-state index contributed by atoms with van der Waals surface area (Å²) < 4.78 is 7.39. The molecule has 2 fully saturated rings. The van der Waals surface area contributed by atoms with Gasteiger partial charge in [0, 0.05) is 37.2 Å². The number of rotatable bonds is 3. The minimum Gasteiger partial charge on any atom is -0.378 e. The van der Waals surface area contributed by atoms with E-state index in [2.05, 4.69) is 27.9 Å². The first-order chi connectivity index (χ1) is 12.1. The van der Waals surface area contributed by atoms with Crippen molar-refractivity contribution in [2.24, 2.45) is 0 Å². The van der Waals surface area contributed by atoms with E-state index in [1.54, 1.807) is 0 Å². The van der Waals surface area contributed by atoms with Gasteiger partial charge >= 0.3 is 0 Å². The molecule has 0 spiro atoms. The standard InChI is InChI=1S/C18H25N5O2/c1-13-10-14(2)23-12-15(20-18(23)19-13)11-22-5-3-4-16(22)17(24)21-6-8-25-9-7-21/h10,12,16H,3-9,11H2,1-2H3/t16-/m0/s1. The van der Waals surface area contributed by atoms with Crippen molar-refractivity contribution in [2.45, 2.75) is 39.3 Å². The number of imidazole rings is 1. The van der Waals surface area contributed by atoms with Crippen molar-refractivity contribution < 1.29 is 9.53 Å². The number of morpholine rings is 1. The summed E-state index contributed by atoms with van der Waals surface area (Å²) in [6, 6.07) is 2.03. The number of hydrogen-bond donors (Lipinski definition) is 0. The second-order valence-corrected chi connectivity index (χ2v) is 7.01. The van der Waals surface area contributed by atoms with Crippen LogP contribution < -0.4 is 0 Å². The summed E-state index contributed by atoms with van der Waals surface area (Å²) in [5.74, 6) is 0.984. The molecule has 0 aliphatic carbocycles. The Morgan fingerprint density at radius 3 is 2.84 bits per heavy atom. The summed E-state index contributed by atoms with van der Waals surface area (Å²) in [4.78, 5) is 26.3. The Balaban J connectivity index is 1.51. The second kappa shape index (κ2) is 6.72. The van der Waals surface area contributed by atoms with Crippen molar-refractivity contribution >= 4 is 11.7 Å². The SMILES string of the molecule is Cc1cc(C)n2cc(CN3CCC[C@H]3C(=O)N3CCOCC3)nc2n1. The van der Waals surface area contributed by atoms with Gasteiger partial charge in [-0.25, -0.2) is 9.97 Å². The van der Waals surface area contributed by atoms with Crippen LogP contribution in [0.1, 0.15) is 29.9 Å². The number of likely N-dealkylation sites (tertiary alicyclic amines) is 1. The number of fused-ring (bicyclic) bond motifs is 1. The van der Waals surface area contributed by atoms with E-state index in [0.717, 1.165) is 42.2 Å². The summed E-state index contributed by atoms with van der Waals surface area (Å²) in [7, 11) is 0. The lowest BCUT2D eigenvalue weighted by molar-refractivity contribution is -0.140. The van der Waals surface area contributed by atoms with E-state index in [4.69, 9.17) is 4.74 Å². The monoisotopic (exact) mass is 343 g/mol. The Kier molecular flexibility index (Phi) is 4.43. The lowest BCUT2D eigenvalue weighted by Gasteiger charge is -2.32. The zero-order valence-electron chi connectivity index (χ0n) is 14.9. The normalized spacial score (nSPS) is 22.0. The predicted octanol–water partition coefficient (Wildman–Crippen LogP) is 1.17. The first kappa shape index (κ1) is 16.5. The van der Waals surface area contributed by atoms with Crippen molar-refractivity contribution in [1.29, 1.82) is 0 Å². The zero-order valence-corrected chi connectivity index (χ0v) is 14.9. The Morgan fingerprint density at radius 1 is 1.24 bits per heavy atom. The summed E-state index contributed by atoms with van der Waals surface area (Å²) in [5, 5.41) is 0. The first-order valence-electron chi connectivity index (χ1n) is 9.04. The average molecular weight is 343 g/mol. The van der Waals surface area contributed by atoms with Crippen molar-refractivity contribution in [3.63, 3.8) is 0 Å². The Hall–Kier alpha value is -1.99. The third-order valence-electron chi connectivity index (χ3n) is 5.15. The fourth-order valence-electron chi connectivity index (χ4n) is 3.89. The molecule has 0 bridgehead atoms. The molecule has 7 nitrogen and oxygen atoms in total. The van der Waals surface area contributed by atoms with Gasteiger partial charge < -0.3 is 9.64 Å². The predicted molar refractivity (Wildman–Crippen MR) is 93.3 cm³/mol. The van der Waals surface area contributed by atoms with Gasteiger partial charge in [0.05, 0.1) is 24.9 Å². The van der Waals surface area contributed by atoms with Gasteiger partial charge in [0.1, 0.15) is 0 Å². The van der Waals surface area contributed by atoms with E-state index in [-0.39, 0.29) is 11.9 Å². The molecular weight excluding hydrogens is 318 g/mol. The molecule has 0 saturated carbocycles. The van der Waals surface area contributed by atoms with Crippen LogP contribution in [0.5, 0.6) is 0 Å². The molecule has 2 saturated heterocycles. The van der Waals surface area contributed by atoms with Crippen LogP contribution in [0.15, 0.2) is 12.3 Å². The topological polar surface area (TPSA) is 63.0 Å². The van der Waals surface area contributed by atoms with E-state index in [9.17, 15) is 4.79 Å². The van der Waals surface area contributed by atoms with Crippen LogP contribution in [0.25, 0.3) is 5.78 Å². The van der Waals surface area contributed by atoms with Crippen LogP contribution in [-0.4, -0.2) is 69.0 Å². The molecule has 1 amide bonds. The third-order valence-corrected chi connectivity index (χ3v) is 5.15. The van der Waals surface area contributed by atoms with E-state index in [1.807, 2.05) is 22.4 Å². The number of ether oxygens (including phenoxy) is 1. The first-order valence-corrected chi connectivity index (χ1v) is 9.04. The van der Waals surface area contributed by atoms with Gasteiger partial charge in [-0.2, -0.15) is 0 Å². The lowest BCUT2D eigenvalue weighted by Crippen LogP contribution is -2.49. The van der Waals surface area contributed by atoms with E-state index in [1.165, 1.54) is 0 Å². The van der Waals surface area contributed by atoms with Gasteiger partial charge in [-0.3, -0.25) is 14.1 Å². The molecule has 2 aromatic rings. The van der Waals surface area contributed by atoms with Gasteiger partial charge in [0.25, 0.3) is 0 Å². The summed E-state index contributed by atoms with van der Waals surface area (Å²) in [6.07, 6.45) is 4.04. The number of carbonyl (C=O) groups is 1. The molecule has 134 valence electrons. The van der Waals surface area contributed by atoms with Crippen LogP contribution in [0.4, 0.5) is 0 Å². The average Bonchev–Trinajstić information content (AvgIpc) is 3.22. The lowest BCUT2D eigenvalue weighted by atomic mass is 10.2. The minimum absolute atomic E-state index is 0.0290. The number of aromatic nitrogens is 3. The van der Waals surface area contributed by atoms with Crippen LogP contribution in [-0.2, 0) is 16.1 Å². The number of amides is 1. The highest BCUT2D eigenvalue weighted by molar-refractivity contribution is 5.82. The second-order valence-electron chi connectivity index (χ2n) is 7.01. The van der Waals surface area contributed by atoms with E-state index < -0.39 is 0 Å². The van der Waals surface area contributed by atoms with Crippen LogP contribution >= 0.6 is 0 Å². The number of hydrogen-bond acceptors (Lipinski definition) is 5. The molecule has 2 aliphatic heterocycles. The quantitative estimate of drug-likeness (QED) is 0.837. The molecule has 1 atom stereocenters. The molecule has 0 aromatic carbocycles. The third kappa shape index (κ3) is 3.26. The van der Waals surface area contributed by atoms with Crippen LogP contribution in [0.2, 0.25) is 0 Å². The van der Waals surface area contributed by atoms with Gasteiger partial charge in [-0.1, -0.05) is 0 Å². The molecule has 0 radical (unpaired) electrons. The fraction of sp³-hybridized carbons (Fsp3) is 0.611. The molecular formula is C18H25N5O2. The van der Waals surface area contributed by atoms with Crippen LogP contribution in [0, 0.1) is 13.8 Å². The smallest absolute Gasteiger partial charge is 0.240 e. The van der Waals surface area contributed by atoms with Crippen molar-refractivity contribution in [3.8, 4) is 0 Å². The number of nitrogens with zero attached hydrogens (tertiary/aromatic N) is 5. The molecule has 4 rings (SSSR count). The fourth-order valence-corrected chi connectivity index (χ4v) is 3.89. The van der Waals surface area contributed by atoms with Gasteiger partial charge in [0.15, 0.2) is 0 Å². The molecule has 0 N–H and O–H groups in total. The zero-order chi connectivity index (χ0) is 17.4. The van der Waals surface area contributed by atoms with Gasteiger partial charge in [0.2, 0.25) is 11.7 Å². The van der Waals surface area contributed by atoms with Crippen molar-refractivity contribution in [2.75, 3.05) is 32.8 Å². The van der Waals surface area contributed by atoms with Crippen LogP contribution in [0.3, 0.4) is 0 Å². The summed E-state index contributed by atoms with van der Waals surface area (Å²) in [6.45, 7) is 8.40. The molecule has 2 aliphatic rings. The maximum atomic E-state index is 12.9. The molecule has 4 heterocycles. The minimum atomic E-state index is -0.0290. The maximum absolute atomic E-state index is 12.9. The van der Waals surface area contributed by atoms with Gasteiger partial charge in [-0.05, 0) is 39.3 Å². The summed E-state index contributed by atoms with van der Waals surface area (Å²) in [5.41, 5.74) is 3.08. The molecule has 7 heteroatoms. The number of carbonyl (C=O) groups excluding carboxylic acids is 1.